The Morgan fingerprint density at radius 1 is 1.43 bits per heavy atom. The van der Waals surface area contributed by atoms with Crippen LogP contribution in [-0.4, -0.2) is 42.4 Å². The molecule has 1 aromatic heterocycles. The molecule has 0 spiro atoms. The molecule has 5 nitrogen and oxygen atoms in total. The van der Waals surface area contributed by atoms with Crippen LogP contribution in [0.5, 0.6) is 0 Å². The zero-order valence-electron chi connectivity index (χ0n) is 13.9. The van der Waals surface area contributed by atoms with Crippen molar-refractivity contribution in [1.82, 2.24) is 10.2 Å². The summed E-state index contributed by atoms with van der Waals surface area (Å²) in [7, 11) is 1.62. The van der Waals surface area contributed by atoms with Gasteiger partial charge in [-0.3, -0.25) is 9.59 Å². The van der Waals surface area contributed by atoms with E-state index in [9.17, 15) is 9.59 Å². The Labute approximate surface area is 156 Å². The van der Waals surface area contributed by atoms with Crippen LogP contribution in [0.3, 0.4) is 0 Å². The van der Waals surface area contributed by atoms with Crippen molar-refractivity contribution in [2.75, 3.05) is 20.1 Å². The molecule has 0 saturated heterocycles. The minimum Gasteiger partial charge on any atom is -0.348 e. The summed E-state index contributed by atoms with van der Waals surface area (Å²) in [6.45, 7) is 6.49. The van der Waals surface area contributed by atoms with Gasteiger partial charge in [0, 0.05) is 19.1 Å². The number of rotatable bonds is 7. The van der Waals surface area contributed by atoms with Crippen LogP contribution in [0.15, 0.2) is 15.9 Å². The van der Waals surface area contributed by atoms with Crippen molar-refractivity contribution in [3.63, 3.8) is 0 Å². The Hall–Kier alpha value is -0.630. The average Bonchev–Trinajstić information content (AvgIpc) is 2.83. The molecule has 2 amide bonds. The van der Waals surface area contributed by atoms with Crippen LogP contribution in [-0.2, 0) is 4.79 Å². The van der Waals surface area contributed by atoms with Crippen LogP contribution < -0.4 is 11.1 Å². The van der Waals surface area contributed by atoms with E-state index in [4.69, 9.17) is 5.73 Å². The van der Waals surface area contributed by atoms with Crippen LogP contribution in [0.4, 0.5) is 0 Å². The summed E-state index contributed by atoms with van der Waals surface area (Å²) < 4.78 is 0.890. The SMILES string of the molecule is CC(C)CC(C)(CN)NC(=O)CN(C)C(=O)c1ccc(Br)s1.Cl. The molecular weight excluding hydrogens is 402 g/mol. The highest BCUT2D eigenvalue weighted by Gasteiger charge is 2.27. The van der Waals surface area contributed by atoms with Gasteiger partial charge in [0.05, 0.1) is 15.2 Å². The minimum absolute atomic E-state index is 0. The molecule has 0 aliphatic rings. The molecule has 0 aliphatic carbocycles. The van der Waals surface area contributed by atoms with E-state index in [1.165, 1.54) is 16.2 Å². The number of thiophene rings is 1. The Bertz CT molecular complexity index is 539. The molecule has 1 aromatic rings. The zero-order chi connectivity index (χ0) is 16.9. The van der Waals surface area contributed by atoms with Crippen molar-refractivity contribution in [2.24, 2.45) is 11.7 Å². The number of hydrogen-bond acceptors (Lipinski definition) is 4. The molecule has 23 heavy (non-hydrogen) atoms. The molecule has 0 aromatic carbocycles. The van der Waals surface area contributed by atoms with Crippen LogP contribution in [0.1, 0.15) is 36.9 Å². The van der Waals surface area contributed by atoms with Crippen molar-refractivity contribution < 1.29 is 9.59 Å². The summed E-state index contributed by atoms with van der Waals surface area (Å²) in [5, 5.41) is 2.95. The van der Waals surface area contributed by atoms with Gasteiger partial charge in [-0.15, -0.1) is 23.7 Å². The number of halogens is 2. The third kappa shape index (κ3) is 7.20. The van der Waals surface area contributed by atoms with Crippen LogP contribution in [0.2, 0.25) is 0 Å². The van der Waals surface area contributed by atoms with E-state index in [2.05, 4.69) is 35.1 Å². The molecule has 1 atom stereocenters. The summed E-state index contributed by atoms with van der Waals surface area (Å²) in [5.74, 6) is 0.0703. The van der Waals surface area contributed by atoms with Gasteiger partial charge >= 0.3 is 0 Å². The average molecular weight is 427 g/mol. The number of hydrogen-bond donors (Lipinski definition) is 2. The lowest BCUT2D eigenvalue weighted by Gasteiger charge is -2.32. The van der Waals surface area contributed by atoms with Crippen LogP contribution in [0.25, 0.3) is 0 Å². The first-order chi connectivity index (χ1) is 10.2. The second-order valence-corrected chi connectivity index (χ2v) is 8.64. The topological polar surface area (TPSA) is 75.4 Å². The standard InChI is InChI=1S/C15H24BrN3O2S.ClH/c1-10(2)7-15(3,9-17)18-13(20)8-19(4)14(21)11-5-6-12(16)22-11;/h5-6,10H,7-9,17H2,1-4H3,(H,18,20);1H. The number of nitrogens with two attached hydrogens (primary N) is 1. The molecule has 1 unspecified atom stereocenters. The highest BCUT2D eigenvalue weighted by molar-refractivity contribution is 9.11. The molecular formula is C15H25BrClN3O2S. The normalized spacial score (nSPS) is 13.2. The van der Waals surface area contributed by atoms with Gasteiger partial charge in [0.1, 0.15) is 0 Å². The fourth-order valence-corrected chi connectivity index (χ4v) is 3.75. The number of carbonyl (C=O) groups is 2. The molecule has 0 saturated carbocycles. The summed E-state index contributed by atoms with van der Waals surface area (Å²) in [5.41, 5.74) is 5.35. The first kappa shape index (κ1) is 22.4. The van der Waals surface area contributed by atoms with E-state index in [0.717, 1.165) is 10.2 Å². The third-order valence-corrected chi connectivity index (χ3v) is 4.87. The predicted molar refractivity (Wildman–Crippen MR) is 101 cm³/mol. The van der Waals surface area contributed by atoms with Crippen LogP contribution >= 0.6 is 39.7 Å². The van der Waals surface area contributed by atoms with Crippen LogP contribution in [0, 0.1) is 5.92 Å². The molecule has 3 N–H and O–H groups in total. The third-order valence-electron chi connectivity index (χ3n) is 3.26. The van der Waals surface area contributed by atoms with Crippen molar-refractivity contribution >= 4 is 51.5 Å². The lowest BCUT2D eigenvalue weighted by Crippen LogP contribution is -2.54. The summed E-state index contributed by atoms with van der Waals surface area (Å²) in [6, 6.07) is 3.56. The van der Waals surface area contributed by atoms with E-state index in [1.807, 2.05) is 13.0 Å². The van der Waals surface area contributed by atoms with E-state index in [0.29, 0.717) is 17.3 Å². The van der Waals surface area contributed by atoms with E-state index >= 15 is 0 Å². The molecule has 0 radical (unpaired) electrons. The Kier molecular flexibility index (Phi) is 9.35. The van der Waals surface area contributed by atoms with Gasteiger partial charge in [-0.05, 0) is 47.3 Å². The number of carbonyl (C=O) groups excluding carboxylic acids is 2. The first-order valence-electron chi connectivity index (χ1n) is 7.19. The Morgan fingerprint density at radius 2 is 2.04 bits per heavy atom. The number of nitrogens with zero attached hydrogens (tertiary/aromatic N) is 1. The zero-order valence-corrected chi connectivity index (χ0v) is 17.1. The van der Waals surface area contributed by atoms with E-state index in [-0.39, 0.29) is 30.8 Å². The van der Waals surface area contributed by atoms with Gasteiger partial charge in [0.15, 0.2) is 0 Å². The van der Waals surface area contributed by atoms with Crippen molar-refractivity contribution in [3.8, 4) is 0 Å². The van der Waals surface area contributed by atoms with Crippen molar-refractivity contribution in [2.45, 2.75) is 32.7 Å². The molecule has 132 valence electrons. The fourth-order valence-electron chi connectivity index (χ4n) is 2.37. The number of nitrogens with one attached hydrogen (secondary N) is 1. The molecule has 0 fully saturated rings. The molecule has 1 rings (SSSR count). The fraction of sp³-hybridized carbons (Fsp3) is 0.600. The maximum absolute atomic E-state index is 12.2. The second kappa shape index (κ2) is 9.61. The van der Waals surface area contributed by atoms with Gasteiger partial charge in [-0.2, -0.15) is 0 Å². The Morgan fingerprint density at radius 3 is 2.48 bits per heavy atom. The summed E-state index contributed by atoms with van der Waals surface area (Å²) >= 11 is 4.68. The highest BCUT2D eigenvalue weighted by atomic mass is 79.9. The maximum Gasteiger partial charge on any atom is 0.264 e. The molecule has 0 bridgehead atoms. The lowest BCUT2D eigenvalue weighted by molar-refractivity contribution is -0.123. The lowest BCUT2D eigenvalue weighted by atomic mass is 9.91. The maximum atomic E-state index is 12.2. The first-order valence-corrected chi connectivity index (χ1v) is 8.79. The number of amides is 2. The van der Waals surface area contributed by atoms with E-state index < -0.39 is 5.54 Å². The van der Waals surface area contributed by atoms with Gasteiger partial charge in [0.2, 0.25) is 5.91 Å². The molecule has 0 aliphatic heterocycles. The molecule has 1 heterocycles. The predicted octanol–water partition coefficient (Wildman–Crippen LogP) is 2.88. The second-order valence-electron chi connectivity index (χ2n) is 6.18. The van der Waals surface area contributed by atoms with E-state index in [1.54, 1.807) is 13.1 Å². The molecule has 8 heteroatoms. The van der Waals surface area contributed by atoms with Gasteiger partial charge in [-0.1, -0.05) is 13.8 Å². The van der Waals surface area contributed by atoms with Gasteiger partial charge < -0.3 is 16.0 Å². The highest BCUT2D eigenvalue weighted by Crippen LogP contribution is 2.23. The summed E-state index contributed by atoms with van der Waals surface area (Å²) in [4.78, 5) is 26.4. The number of likely N-dealkylation sites (N-methyl/N-ethyl adjacent to an activating group) is 1. The largest absolute Gasteiger partial charge is 0.348 e. The summed E-state index contributed by atoms with van der Waals surface area (Å²) in [6.07, 6.45) is 0.796. The van der Waals surface area contributed by atoms with Crippen molar-refractivity contribution in [3.05, 3.63) is 20.8 Å². The monoisotopic (exact) mass is 425 g/mol. The van der Waals surface area contributed by atoms with Gasteiger partial charge in [-0.25, -0.2) is 0 Å². The minimum atomic E-state index is -0.443. The Balaban J connectivity index is 0.00000484. The smallest absolute Gasteiger partial charge is 0.264 e. The van der Waals surface area contributed by atoms with Gasteiger partial charge in [0.25, 0.3) is 5.91 Å². The van der Waals surface area contributed by atoms with Crippen molar-refractivity contribution in [1.29, 1.82) is 0 Å². The quantitative estimate of drug-likeness (QED) is 0.704.